The molecule has 1 aromatic carbocycles. The van der Waals surface area contributed by atoms with Gasteiger partial charge in [0.1, 0.15) is 0 Å². The van der Waals surface area contributed by atoms with Crippen LogP contribution in [0.5, 0.6) is 0 Å². The number of aliphatic hydroxyl groups is 1. The van der Waals surface area contributed by atoms with Crippen LogP contribution in [0.25, 0.3) is 0 Å². The number of aliphatic hydroxyl groups excluding tert-OH is 1. The third kappa shape index (κ3) is 5.12. The fourth-order valence-corrected chi connectivity index (χ4v) is 0.955. The molecule has 56 valence electrons. The summed E-state index contributed by atoms with van der Waals surface area (Å²) in [5, 5.41) is 9.01. The van der Waals surface area contributed by atoms with E-state index >= 15 is 0 Å². The van der Waals surface area contributed by atoms with E-state index in [4.69, 9.17) is 5.11 Å². The molecule has 1 atom stereocenters. The van der Waals surface area contributed by atoms with Crippen molar-refractivity contribution in [2.45, 2.75) is 19.4 Å². The van der Waals surface area contributed by atoms with E-state index in [2.05, 4.69) is 0 Å². The molecule has 0 saturated heterocycles. The summed E-state index contributed by atoms with van der Waals surface area (Å²) in [5.41, 5.74) is 1.19. The minimum Gasteiger partial charge on any atom is -1.00 e. The number of rotatable bonds is 2. The van der Waals surface area contributed by atoms with E-state index in [1.54, 1.807) is 6.92 Å². The predicted molar refractivity (Wildman–Crippen MR) is 42.9 cm³/mol. The molecule has 0 aliphatic heterocycles. The Balaban J connectivity index is 0. The molecule has 1 rings (SSSR count). The van der Waals surface area contributed by atoms with Gasteiger partial charge in [-0.25, -0.2) is 0 Å². The zero-order valence-electron chi connectivity index (χ0n) is 8.12. The van der Waals surface area contributed by atoms with Crippen LogP contribution in [0.15, 0.2) is 30.3 Å². The molecule has 1 aromatic rings. The number of hydrogen-bond donors (Lipinski definition) is 1. The maximum atomic E-state index is 9.01. The zero-order chi connectivity index (χ0) is 7.40. The molecular weight excluding hydrogens is 163 g/mol. The predicted octanol–water partition coefficient (Wildman–Crippen LogP) is -1.27. The summed E-state index contributed by atoms with van der Waals surface area (Å²) in [5.74, 6) is 0. The molecule has 0 aromatic heterocycles. The first-order chi connectivity index (χ1) is 4.79. The van der Waals surface area contributed by atoms with Gasteiger partial charge in [-0.1, -0.05) is 30.3 Å². The van der Waals surface area contributed by atoms with Crippen molar-refractivity contribution in [1.82, 2.24) is 0 Å². The monoisotopic (exact) mass is 176 g/mol. The van der Waals surface area contributed by atoms with Gasteiger partial charge >= 0.3 is 51.4 Å². The fraction of sp³-hybridized carbons (Fsp3) is 0.333. The van der Waals surface area contributed by atoms with E-state index in [1.807, 2.05) is 30.3 Å². The van der Waals surface area contributed by atoms with Crippen LogP contribution in [0, 0.1) is 0 Å². The molecule has 0 aliphatic rings. The summed E-state index contributed by atoms with van der Waals surface area (Å²) in [6, 6.07) is 9.99. The second-order valence-electron chi connectivity index (χ2n) is 2.54. The van der Waals surface area contributed by atoms with E-state index in [-0.39, 0.29) is 58.9 Å². The van der Waals surface area contributed by atoms with Gasteiger partial charge in [-0.2, -0.15) is 0 Å². The Kier molecular flexibility index (Phi) is 6.82. The maximum absolute atomic E-state index is 9.01. The largest absolute Gasteiger partial charge is 1.00 e. The van der Waals surface area contributed by atoms with Crippen LogP contribution >= 0.6 is 0 Å². The third-order valence-electron chi connectivity index (χ3n) is 1.37. The summed E-state index contributed by atoms with van der Waals surface area (Å²) in [6.07, 6.45) is 0.517. The average molecular weight is 176 g/mol. The molecule has 11 heavy (non-hydrogen) atoms. The van der Waals surface area contributed by atoms with Crippen molar-refractivity contribution < 1.29 is 57.9 Å². The van der Waals surface area contributed by atoms with Crippen LogP contribution in [-0.2, 0) is 6.42 Å². The number of hydrogen-bond acceptors (Lipinski definition) is 1. The summed E-state index contributed by atoms with van der Waals surface area (Å²) in [4.78, 5) is 0. The second kappa shape index (κ2) is 6.35. The molecule has 2 heteroatoms. The standard InChI is InChI=1S/C9H12O.K.H/c1-8(10)7-9-5-3-2-4-6-9;;/h2-6,8,10H,7H2,1H3;;/q;+1;-1. The van der Waals surface area contributed by atoms with Crippen LogP contribution in [0.3, 0.4) is 0 Å². The SMILES string of the molecule is CC(O)Cc1ccccc1.[H-].[K+]. The normalized spacial score (nSPS) is 11.8. The van der Waals surface area contributed by atoms with E-state index in [9.17, 15) is 0 Å². The molecule has 0 heterocycles. The molecular formula is C9H13KO. The van der Waals surface area contributed by atoms with Crippen molar-refractivity contribution >= 4 is 0 Å². The minimum absolute atomic E-state index is 0. The van der Waals surface area contributed by atoms with E-state index in [1.165, 1.54) is 5.56 Å². The van der Waals surface area contributed by atoms with Crippen molar-refractivity contribution in [2.75, 3.05) is 0 Å². The van der Waals surface area contributed by atoms with Crippen molar-refractivity contribution in [3.05, 3.63) is 35.9 Å². The second-order valence-corrected chi connectivity index (χ2v) is 2.54. The van der Waals surface area contributed by atoms with Gasteiger partial charge in [-0.3, -0.25) is 0 Å². The molecule has 1 N–H and O–H groups in total. The van der Waals surface area contributed by atoms with Gasteiger partial charge in [0.25, 0.3) is 0 Å². The third-order valence-corrected chi connectivity index (χ3v) is 1.37. The Morgan fingerprint density at radius 1 is 1.36 bits per heavy atom. The first kappa shape index (κ1) is 11.8. The van der Waals surface area contributed by atoms with Gasteiger partial charge in [0.2, 0.25) is 0 Å². The molecule has 0 saturated carbocycles. The van der Waals surface area contributed by atoms with Gasteiger partial charge in [-0.15, -0.1) is 0 Å². The van der Waals surface area contributed by atoms with Crippen LogP contribution in [-0.4, -0.2) is 11.2 Å². The molecule has 0 amide bonds. The van der Waals surface area contributed by atoms with Crippen LogP contribution in [0.1, 0.15) is 13.9 Å². The first-order valence-electron chi connectivity index (χ1n) is 3.51. The molecule has 1 unspecified atom stereocenters. The smallest absolute Gasteiger partial charge is 1.00 e. The van der Waals surface area contributed by atoms with Crippen molar-refractivity contribution in [3.63, 3.8) is 0 Å². The van der Waals surface area contributed by atoms with Crippen molar-refractivity contribution in [2.24, 2.45) is 0 Å². The summed E-state index contributed by atoms with van der Waals surface area (Å²) in [7, 11) is 0. The fourth-order valence-electron chi connectivity index (χ4n) is 0.955. The topological polar surface area (TPSA) is 20.2 Å². The Morgan fingerprint density at radius 2 is 1.91 bits per heavy atom. The molecule has 0 radical (unpaired) electrons. The molecule has 0 fully saturated rings. The Labute approximate surface area is 112 Å². The van der Waals surface area contributed by atoms with E-state index in [0.29, 0.717) is 0 Å². The minimum atomic E-state index is -0.234. The summed E-state index contributed by atoms with van der Waals surface area (Å²) >= 11 is 0. The summed E-state index contributed by atoms with van der Waals surface area (Å²) < 4.78 is 0. The molecule has 0 spiro atoms. The molecule has 0 bridgehead atoms. The van der Waals surface area contributed by atoms with Crippen molar-refractivity contribution in [3.8, 4) is 0 Å². The van der Waals surface area contributed by atoms with Gasteiger partial charge in [0.05, 0.1) is 6.10 Å². The molecule has 1 nitrogen and oxygen atoms in total. The average Bonchev–Trinajstić information content (AvgIpc) is 1.88. The Hall–Kier alpha value is 0.816. The number of benzene rings is 1. The van der Waals surface area contributed by atoms with E-state index in [0.717, 1.165) is 6.42 Å². The Bertz CT molecular complexity index is 189. The van der Waals surface area contributed by atoms with E-state index < -0.39 is 0 Å². The van der Waals surface area contributed by atoms with Gasteiger partial charge < -0.3 is 6.53 Å². The van der Waals surface area contributed by atoms with Crippen LogP contribution in [0.2, 0.25) is 0 Å². The maximum Gasteiger partial charge on any atom is 1.00 e. The van der Waals surface area contributed by atoms with Gasteiger partial charge in [0, 0.05) is 0 Å². The Morgan fingerprint density at radius 3 is 2.36 bits per heavy atom. The first-order valence-corrected chi connectivity index (χ1v) is 3.51. The zero-order valence-corrected chi connectivity index (χ0v) is 10.2. The van der Waals surface area contributed by atoms with Gasteiger partial charge in [0.15, 0.2) is 0 Å². The van der Waals surface area contributed by atoms with Crippen LogP contribution < -0.4 is 51.4 Å². The summed E-state index contributed by atoms with van der Waals surface area (Å²) in [6.45, 7) is 1.80. The quantitative estimate of drug-likeness (QED) is 0.557. The van der Waals surface area contributed by atoms with Gasteiger partial charge in [-0.05, 0) is 18.9 Å². The van der Waals surface area contributed by atoms with Crippen molar-refractivity contribution in [1.29, 1.82) is 0 Å². The molecule has 0 aliphatic carbocycles. The van der Waals surface area contributed by atoms with Crippen LogP contribution in [0.4, 0.5) is 0 Å².